The molecule has 2 rings (SSSR count). The van der Waals surface area contributed by atoms with E-state index in [2.05, 4.69) is 27.6 Å². The number of hydrazine groups is 1. The number of aromatic nitrogens is 2. The molecule has 0 unspecified atom stereocenters. The van der Waals surface area contributed by atoms with Gasteiger partial charge in [0, 0.05) is 6.54 Å². The van der Waals surface area contributed by atoms with Crippen molar-refractivity contribution >= 4 is 23.4 Å². The lowest BCUT2D eigenvalue weighted by atomic mass is 9.83. The van der Waals surface area contributed by atoms with Gasteiger partial charge in [0.25, 0.3) is 0 Å². The fourth-order valence-electron chi connectivity index (χ4n) is 2.61. The Kier molecular flexibility index (Phi) is 4.24. The van der Waals surface area contributed by atoms with Crippen LogP contribution in [-0.4, -0.2) is 16.5 Å². The lowest BCUT2D eigenvalue weighted by Gasteiger charge is -2.28. The van der Waals surface area contributed by atoms with E-state index in [-0.39, 0.29) is 0 Å². The molecule has 0 bridgehead atoms. The molecule has 6 heteroatoms. The number of nitrogen functional groups attached to an aromatic ring is 1. The number of nitrogens with zero attached hydrogens (tertiary/aromatic N) is 2. The molecule has 5 nitrogen and oxygen atoms in total. The van der Waals surface area contributed by atoms with E-state index in [1.165, 1.54) is 32.1 Å². The molecule has 1 fully saturated rings. The third-order valence-electron chi connectivity index (χ3n) is 3.92. The Hall–Kier alpha value is -1.07. The van der Waals surface area contributed by atoms with Crippen LogP contribution >= 0.6 is 11.6 Å². The molecule has 0 saturated heterocycles. The third-order valence-corrected chi connectivity index (χ3v) is 4.19. The predicted octanol–water partition coefficient (Wildman–Crippen LogP) is 2.80. The number of nitrogens with two attached hydrogens (primary N) is 1. The Labute approximate surface area is 112 Å². The quantitative estimate of drug-likeness (QED) is 0.566. The zero-order valence-corrected chi connectivity index (χ0v) is 11.4. The predicted molar refractivity (Wildman–Crippen MR) is 74.5 cm³/mol. The largest absolute Gasteiger partial charge is 0.368 e. The molecule has 0 amide bonds. The zero-order chi connectivity index (χ0) is 13.0. The molecule has 1 aromatic heterocycles. The number of nitrogens with one attached hydrogen (secondary N) is 2. The molecular formula is C12H20ClN5. The van der Waals surface area contributed by atoms with Gasteiger partial charge in [0.2, 0.25) is 5.95 Å². The Bertz CT molecular complexity index is 403. The smallest absolute Gasteiger partial charge is 0.239 e. The SMILES string of the molecule is CCC1(CNc2nc(NN)ncc2Cl)CCCC1. The van der Waals surface area contributed by atoms with Gasteiger partial charge >= 0.3 is 0 Å². The van der Waals surface area contributed by atoms with Crippen molar-refractivity contribution in [2.45, 2.75) is 39.0 Å². The molecule has 0 spiro atoms. The Morgan fingerprint density at radius 1 is 1.44 bits per heavy atom. The molecule has 1 saturated carbocycles. The second-order valence-corrected chi connectivity index (χ2v) is 5.36. The summed E-state index contributed by atoms with van der Waals surface area (Å²) in [4.78, 5) is 8.18. The van der Waals surface area contributed by atoms with E-state index in [0.717, 1.165) is 6.54 Å². The first-order valence-electron chi connectivity index (χ1n) is 6.42. The lowest BCUT2D eigenvalue weighted by molar-refractivity contribution is 0.306. The van der Waals surface area contributed by atoms with E-state index in [4.69, 9.17) is 17.4 Å². The molecular weight excluding hydrogens is 250 g/mol. The summed E-state index contributed by atoms with van der Waals surface area (Å²) in [6, 6.07) is 0. The van der Waals surface area contributed by atoms with Crippen LogP contribution in [0.4, 0.5) is 11.8 Å². The number of hydrogen-bond acceptors (Lipinski definition) is 5. The van der Waals surface area contributed by atoms with Crippen LogP contribution in [0.2, 0.25) is 5.02 Å². The van der Waals surface area contributed by atoms with Crippen LogP contribution in [0.15, 0.2) is 6.20 Å². The summed E-state index contributed by atoms with van der Waals surface area (Å²) in [5, 5.41) is 3.87. The van der Waals surface area contributed by atoms with Crippen LogP contribution < -0.4 is 16.6 Å². The fourth-order valence-corrected chi connectivity index (χ4v) is 2.77. The maximum absolute atomic E-state index is 6.07. The molecule has 0 radical (unpaired) electrons. The minimum atomic E-state index is 0.374. The average molecular weight is 270 g/mol. The van der Waals surface area contributed by atoms with Gasteiger partial charge in [0.05, 0.1) is 6.20 Å². The molecule has 1 aromatic rings. The van der Waals surface area contributed by atoms with Gasteiger partial charge in [0.15, 0.2) is 5.82 Å². The van der Waals surface area contributed by atoms with Gasteiger partial charge in [-0.15, -0.1) is 0 Å². The third kappa shape index (κ3) is 2.84. The van der Waals surface area contributed by atoms with Crippen LogP contribution in [-0.2, 0) is 0 Å². The van der Waals surface area contributed by atoms with Gasteiger partial charge in [0.1, 0.15) is 5.02 Å². The van der Waals surface area contributed by atoms with Crippen LogP contribution in [0, 0.1) is 5.41 Å². The molecule has 1 heterocycles. The first kappa shape index (κ1) is 13.4. The van der Waals surface area contributed by atoms with Gasteiger partial charge in [-0.3, -0.25) is 5.43 Å². The van der Waals surface area contributed by atoms with Gasteiger partial charge in [-0.1, -0.05) is 31.4 Å². The molecule has 0 atom stereocenters. The van der Waals surface area contributed by atoms with Crippen molar-refractivity contribution in [3.63, 3.8) is 0 Å². The minimum Gasteiger partial charge on any atom is -0.368 e. The van der Waals surface area contributed by atoms with Gasteiger partial charge < -0.3 is 5.32 Å². The van der Waals surface area contributed by atoms with Gasteiger partial charge in [-0.05, 0) is 24.7 Å². The van der Waals surface area contributed by atoms with Crippen molar-refractivity contribution in [1.82, 2.24) is 9.97 Å². The second-order valence-electron chi connectivity index (χ2n) is 4.95. The number of halogens is 1. The molecule has 100 valence electrons. The maximum Gasteiger partial charge on any atom is 0.239 e. The lowest BCUT2D eigenvalue weighted by Crippen LogP contribution is -2.26. The van der Waals surface area contributed by atoms with Gasteiger partial charge in [-0.2, -0.15) is 4.98 Å². The summed E-state index contributed by atoms with van der Waals surface area (Å²) in [5.41, 5.74) is 2.82. The molecule has 4 N–H and O–H groups in total. The van der Waals surface area contributed by atoms with Crippen LogP contribution in [0.25, 0.3) is 0 Å². The van der Waals surface area contributed by atoms with E-state index in [0.29, 0.717) is 22.2 Å². The van der Waals surface area contributed by atoms with E-state index in [1.54, 1.807) is 6.20 Å². The van der Waals surface area contributed by atoms with E-state index in [9.17, 15) is 0 Å². The first-order valence-corrected chi connectivity index (χ1v) is 6.80. The van der Waals surface area contributed by atoms with E-state index < -0.39 is 0 Å². The Balaban J connectivity index is 2.05. The summed E-state index contributed by atoms with van der Waals surface area (Å²) in [6.45, 7) is 3.16. The molecule has 0 aliphatic heterocycles. The van der Waals surface area contributed by atoms with Crippen molar-refractivity contribution in [3.8, 4) is 0 Å². The maximum atomic E-state index is 6.07. The Morgan fingerprint density at radius 3 is 2.78 bits per heavy atom. The summed E-state index contributed by atoms with van der Waals surface area (Å²) in [7, 11) is 0. The highest BCUT2D eigenvalue weighted by molar-refractivity contribution is 6.32. The topological polar surface area (TPSA) is 75.9 Å². The molecule has 1 aliphatic carbocycles. The van der Waals surface area contributed by atoms with Crippen molar-refractivity contribution in [2.24, 2.45) is 11.3 Å². The molecule has 18 heavy (non-hydrogen) atoms. The highest BCUT2D eigenvalue weighted by Gasteiger charge is 2.31. The van der Waals surface area contributed by atoms with Crippen molar-refractivity contribution in [2.75, 3.05) is 17.3 Å². The second kappa shape index (κ2) is 5.71. The van der Waals surface area contributed by atoms with Crippen LogP contribution in [0.1, 0.15) is 39.0 Å². The standard InChI is InChI=1S/C12H20ClN5/c1-2-12(5-3-4-6-12)8-16-10-9(13)7-15-11(17-10)18-14/h7H,2-6,8,14H2,1H3,(H2,15,16,17,18). The summed E-state index contributed by atoms with van der Waals surface area (Å²) >= 11 is 6.07. The van der Waals surface area contributed by atoms with Crippen molar-refractivity contribution in [1.29, 1.82) is 0 Å². The Morgan fingerprint density at radius 2 is 2.17 bits per heavy atom. The summed E-state index contributed by atoms with van der Waals surface area (Å²) in [6.07, 6.45) is 7.94. The number of anilines is 2. The van der Waals surface area contributed by atoms with Crippen LogP contribution in [0.5, 0.6) is 0 Å². The van der Waals surface area contributed by atoms with Gasteiger partial charge in [-0.25, -0.2) is 10.8 Å². The first-order chi connectivity index (χ1) is 8.69. The zero-order valence-electron chi connectivity index (χ0n) is 10.7. The highest BCUT2D eigenvalue weighted by Crippen LogP contribution is 2.41. The average Bonchev–Trinajstić information content (AvgIpc) is 2.87. The summed E-state index contributed by atoms with van der Waals surface area (Å²) in [5.74, 6) is 6.32. The van der Waals surface area contributed by atoms with Crippen molar-refractivity contribution < 1.29 is 0 Å². The van der Waals surface area contributed by atoms with E-state index in [1.807, 2.05) is 0 Å². The molecule has 0 aromatic carbocycles. The number of rotatable bonds is 5. The molecule has 1 aliphatic rings. The normalized spacial score (nSPS) is 17.7. The van der Waals surface area contributed by atoms with Crippen LogP contribution in [0.3, 0.4) is 0 Å². The fraction of sp³-hybridized carbons (Fsp3) is 0.667. The summed E-state index contributed by atoms with van der Waals surface area (Å²) < 4.78 is 0. The van der Waals surface area contributed by atoms with Crippen molar-refractivity contribution in [3.05, 3.63) is 11.2 Å². The van der Waals surface area contributed by atoms with E-state index >= 15 is 0 Å². The monoisotopic (exact) mass is 269 g/mol. The minimum absolute atomic E-state index is 0.374. The highest BCUT2D eigenvalue weighted by atomic mass is 35.5. The number of hydrogen-bond donors (Lipinski definition) is 3.